The molecule has 0 atom stereocenters. The lowest BCUT2D eigenvalue weighted by Gasteiger charge is -2.16. The molecule has 56 valence electrons. The van der Waals surface area contributed by atoms with Gasteiger partial charge in [0.1, 0.15) is 0 Å². The van der Waals surface area contributed by atoms with Crippen LogP contribution >= 0.6 is 12.2 Å². The molecule has 0 saturated carbocycles. The van der Waals surface area contributed by atoms with Crippen molar-refractivity contribution in [1.82, 2.24) is 21.1 Å². The summed E-state index contributed by atoms with van der Waals surface area (Å²) < 4.78 is 0. The molecule has 0 spiro atoms. The predicted octanol–water partition coefficient (Wildman–Crippen LogP) is -1.48. The third kappa shape index (κ3) is 1.01. The van der Waals surface area contributed by atoms with E-state index in [-0.39, 0.29) is 5.11 Å². The van der Waals surface area contributed by atoms with E-state index in [0.29, 0.717) is 0 Å². The second-order valence-corrected chi connectivity index (χ2v) is 2.10. The number of rotatable bonds is 0. The van der Waals surface area contributed by atoms with E-state index in [1.807, 2.05) is 0 Å². The Labute approximate surface area is 62.9 Å². The van der Waals surface area contributed by atoms with Gasteiger partial charge >= 0.3 is 6.03 Å². The summed E-state index contributed by atoms with van der Waals surface area (Å²) in [6, 6.07) is -0.620. The first-order chi connectivity index (χ1) is 4.63. The lowest BCUT2D eigenvalue weighted by molar-refractivity contribution is 0.0837. The van der Waals surface area contributed by atoms with Crippen LogP contribution < -0.4 is 16.7 Å². The number of hydrazine groups is 3. The molecule has 1 aliphatic rings. The number of nitrogens with two attached hydrogens (primary N) is 1. The van der Waals surface area contributed by atoms with Crippen LogP contribution in [0.1, 0.15) is 0 Å². The third-order valence-corrected chi connectivity index (χ3v) is 1.30. The van der Waals surface area contributed by atoms with Gasteiger partial charge in [0.15, 0.2) is 0 Å². The summed E-state index contributed by atoms with van der Waals surface area (Å²) in [5.41, 5.74) is 10.1. The monoisotopic (exact) mass is 161 g/mol. The number of amides is 2. The Morgan fingerprint density at radius 2 is 2.40 bits per heavy atom. The fraction of sp³-hybridized carbons (Fsp3) is 0.333. The molecule has 7 heteroatoms. The second kappa shape index (κ2) is 2.37. The average molecular weight is 161 g/mol. The highest BCUT2D eigenvalue weighted by Crippen LogP contribution is 1.96. The van der Waals surface area contributed by atoms with Gasteiger partial charge in [-0.2, -0.15) is 5.01 Å². The van der Waals surface area contributed by atoms with Crippen molar-refractivity contribution in [3.63, 3.8) is 0 Å². The molecule has 0 unspecified atom stereocenters. The lowest BCUT2D eigenvalue weighted by atomic mass is 10.9. The number of thiocarbonyl (C=S) groups is 1. The summed E-state index contributed by atoms with van der Waals surface area (Å²) in [5, 5.41) is 2.69. The smallest absolute Gasteiger partial charge is 0.337 e. The molecule has 4 N–H and O–H groups in total. The number of nitrogens with zero attached hydrogens (tertiary/aromatic N) is 2. The minimum absolute atomic E-state index is 0.245. The van der Waals surface area contributed by atoms with Crippen molar-refractivity contribution in [2.24, 2.45) is 5.73 Å². The van der Waals surface area contributed by atoms with Crippen molar-refractivity contribution in [1.29, 1.82) is 0 Å². The van der Waals surface area contributed by atoms with Gasteiger partial charge in [-0.3, -0.25) is 5.43 Å². The molecule has 0 radical (unpaired) electrons. The molecular formula is C3H7N5OS. The first-order valence-electron chi connectivity index (χ1n) is 2.51. The molecule has 1 saturated heterocycles. The number of carbonyl (C=O) groups excluding carboxylic acids is 1. The van der Waals surface area contributed by atoms with Gasteiger partial charge in [0.2, 0.25) is 5.11 Å². The first kappa shape index (κ1) is 7.19. The van der Waals surface area contributed by atoms with Crippen LogP contribution in [-0.4, -0.2) is 28.3 Å². The van der Waals surface area contributed by atoms with E-state index < -0.39 is 6.03 Å². The van der Waals surface area contributed by atoms with Gasteiger partial charge in [-0.25, -0.2) is 4.79 Å². The maximum atomic E-state index is 10.6. The quantitative estimate of drug-likeness (QED) is 0.378. The molecule has 6 nitrogen and oxygen atoms in total. The Morgan fingerprint density at radius 1 is 1.80 bits per heavy atom. The fourth-order valence-electron chi connectivity index (χ4n) is 0.616. The van der Waals surface area contributed by atoms with Crippen LogP contribution in [0.3, 0.4) is 0 Å². The van der Waals surface area contributed by atoms with Crippen molar-refractivity contribution in [2.75, 3.05) is 7.05 Å². The first-order valence-corrected chi connectivity index (χ1v) is 2.92. The van der Waals surface area contributed by atoms with Crippen LogP contribution in [0.2, 0.25) is 0 Å². The summed E-state index contributed by atoms with van der Waals surface area (Å²) in [7, 11) is 1.61. The van der Waals surface area contributed by atoms with Gasteiger partial charge < -0.3 is 5.73 Å². The maximum absolute atomic E-state index is 10.6. The second-order valence-electron chi connectivity index (χ2n) is 1.72. The normalized spacial score (nSPS) is 19.3. The summed E-state index contributed by atoms with van der Waals surface area (Å²) >= 11 is 4.70. The van der Waals surface area contributed by atoms with Gasteiger partial charge in [0.05, 0.1) is 0 Å². The van der Waals surface area contributed by atoms with Gasteiger partial charge in [-0.15, -0.1) is 10.7 Å². The summed E-state index contributed by atoms with van der Waals surface area (Å²) in [6.07, 6.45) is 0. The number of primary amides is 1. The van der Waals surface area contributed by atoms with E-state index in [2.05, 4.69) is 11.0 Å². The van der Waals surface area contributed by atoms with Crippen LogP contribution in [0, 0.1) is 0 Å². The van der Waals surface area contributed by atoms with E-state index in [4.69, 9.17) is 18.0 Å². The maximum Gasteiger partial charge on any atom is 0.337 e. The molecule has 0 aromatic rings. The minimum atomic E-state index is -0.620. The Balaban J connectivity index is 2.72. The van der Waals surface area contributed by atoms with E-state index in [9.17, 15) is 4.79 Å². The molecular weight excluding hydrogens is 154 g/mol. The molecule has 1 heterocycles. The predicted molar refractivity (Wildman–Crippen MR) is 38.1 cm³/mol. The summed E-state index contributed by atoms with van der Waals surface area (Å²) in [6.45, 7) is 0. The highest BCUT2D eigenvalue weighted by molar-refractivity contribution is 7.80. The highest BCUT2D eigenvalue weighted by Gasteiger charge is 2.25. The molecule has 0 aromatic carbocycles. The van der Waals surface area contributed by atoms with Crippen molar-refractivity contribution in [2.45, 2.75) is 0 Å². The molecule has 0 bridgehead atoms. The number of urea groups is 1. The molecule has 2 amide bonds. The van der Waals surface area contributed by atoms with Crippen LogP contribution in [0.25, 0.3) is 0 Å². The fourth-order valence-corrected chi connectivity index (χ4v) is 0.874. The molecule has 0 aromatic heterocycles. The Bertz CT molecular complexity index is 182. The van der Waals surface area contributed by atoms with Crippen molar-refractivity contribution in [3.05, 3.63) is 0 Å². The Hall–Kier alpha value is -0.920. The third-order valence-electron chi connectivity index (χ3n) is 1.03. The molecule has 0 aliphatic carbocycles. The molecule has 1 rings (SSSR count). The van der Waals surface area contributed by atoms with Crippen LogP contribution in [0.15, 0.2) is 0 Å². The zero-order valence-corrected chi connectivity index (χ0v) is 6.10. The number of hydrogen-bond acceptors (Lipinski definition) is 4. The van der Waals surface area contributed by atoms with Crippen molar-refractivity contribution < 1.29 is 4.79 Å². The zero-order valence-electron chi connectivity index (χ0n) is 5.29. The van der Waals surface area contributed by atoms with Gasteiger partial charge in [0.25, 0.3) is 0 Å². The van der Waals surface area contributed by atoms with Gasteiger partial charge in [-0.1, -0.05) is 0 Å². The van der Waals surface area contributed by atoms with Crippen LogP contribution in [0.4, 0.5) is 4.79 Å². The van der Waals surface area contributed by atoms with Crippen LogP contribution in [0.5, 0.6) is 0 Å². The summed E-state index contributed by atoms with van der Waals surface area (Å²) in [4.78, 5) is 10.6. The highest BCUT2D eigenvalue weighted by atomic mass is 32.1. The van der Waals surface area contributed by atoms with Crippen molar-refractivity contribution in [3.8, 4) is 0 Å². The van der Waals surface area contributed by atoms with Gasteiger partial charge in [0, 0.05) is 7.05 Å². The summed E-state index contributed by atoms with van der Waals surface area (Å²) in [5.74, 6) is 0. The SMILES string of the molecule is CN1NNC(=S)N1C(N)=O. The van der Waals surface area contributed by atoms with Gasteiger partial charge in [-0.05, 0) is 12.2 Å². The Morgan fingerprint density at radius 3 is 2.60 bits per heavy atom. The van der Waals surface area contributed by atoms with E-state index in [1.165, 1.54) is 5.12 Å². The standard InChI is InChI=1S/C3H7N5OS/c1-7-6-5-3(10)8(7)2(4)9/h6H,1H3,(H2,4,9)(H,5,10). The van der Waals surface area contributed by atoms with E-state index >= 15 is 0 Å². The average Bonchev–Trinajstić information content (AvgIpc) is 2.11. The Kier molecular flexibility index (Phi) is 1.70. The molecule has 1 fully saturated rings. The molecule has 10 heavy (non-hydrogen) atoms. The van der Waals surface area contributed by atoms with E-state index in [0.717, 1.165) is 5.01 Å². The van der Waals surface area contributed by atoms with E-state index in [1.54, 1.807) is 7.05 Å². The lowest BCUT2D eigenvalue weighted by Crippen LogP contribution is -2.46. The number of nitrogens with one attached hydrogen (secondary N) is 2. The zero-order chi connectivity index (χ0) is 7.72. The number of carbonyl (C=O) groups is 1. The largest absolute Gasteiger partial charge is 0.350 e. The minimum Gasteiger partial charge on any atom is -0.350 e. The topological polar surface area (TPSA) is 73.6 Å². The number of hydrogen-bond donors (Lipinski definition) is 3. The van der Waals surface area contributed by atoms with Crippen molar-refractivity contribution >= 4 is 23.4 Å². The molecule has 1 aliphatic heterocycles. The van der Waals surface area contributed by atoms with Crippen LogP contribution in [-0.2, 0) is 0 Å².